The first-order valence-corrected chi connectivity index (χ1v) is 8.73. The summed E-state index contributed by atoms with van der Waals surface area (Å²) < 4.78 is 0. The molecule has 0 radical (unpaired) electrons. The Balaban J connectivity index is 2.33. The Labute approximate surface area is 135 Å². The fourth-order valence-corrected chi connectivity index (χ4v) is 2.62. The molecule has 0 aromatic heterocycles. The van der Waals surface area contributed by atoms with Crippen LogP contribution in [0, 0.1) is 0 Å². The van der Waals surface area contributed by atoms with E-state index in [0.717, 1.165) is 17.2 Å². The Kier molecular flexibility index (Phi) is 9.07. The van der Waals surface area contributed by atoms with E-state index in [9.17, 15) is 0 Å². The molecule has 0 saturated carbocycles. The van der Waals surface area contributed by atoms with Crippen molar-refractivity contribution >= 4 is 23.0 Å². The van der Waals surface area contributed by atoms with Gasteiger partial charge in [-0.15, -0.1) is 0 Å². The SMILES string of the molecule is CCCCCC(C)NC(=S)Nc1ccc(CCCC)cc1. The molecule has 0 fully saturated rings. The molecule has 0 aliphatic heterocycles. The molecule has 0 heterocycles. The molecule has 1 aromatic rings. The topological polar surface area (TPSA) is 24.1 Å². The average Bonchev–Trinajstić information content (AvgIpc) is 2.46. The van der Waals surface area contributed by atoms with Crippen LogP contribution in [0.5, 0.6) is 0 Å². The molecule has 3 heteroatoms. The van der Waals surface area contributed by atoms with Crippen LogP contribution >= 0.6 is 12.2 Å². The zero-order valence-electron chi connectivity index (χ0n) is 13.7. The average molecular weight is 307 g/mol. The normalized spacial score (nSPS) is 12.0. The summed E-state index contributed by atoms with van der Waals surface area (Å²) in [5.41, 5.74) is 2.46. The predicted molar refractivity (Wildman–Crippen MR) is 98.0 cm³/mol. The highest BCUT2D eigenvalue weighted by atomic mass is 32.1. The maximum absolute atomic E-state index is 5.37. The van der Waals surface area contributed by atoms with Gasteiger partial charge in [0.05, 0.1) is 0 Å². The molecular formula is C18H30N2S. The Morgan fingerprint density at radius 1 is 1.05 bits per heavy atom. The molecule has 1 unspecified atom stereocenters. The van der Waals surface area contributed by atoms with E-state index in [2.05, 4.69) is 55.7 Å². The highest BCUT2D eigenvalue weighted by molar-refractivity contribution is 7.80. The summed E-state index contributed by atoms with van der Waals surface area (Å²) in [5, 5.41) is 7.35. The number of thiocarbonyl (C=S) groups is 1. The van der Waals surface area contributed by atoms with Crippen molar-refractivity contribution in [1.29, 1.82) is 0 Å². The van der Waals surface area contributed by atoms with Gasteiger partial charge >= 0.3 is 0 Å². The van der Waals surface area contributed by atoms with Crippen LogP contribution in [-0.4, -0.2) is 11.2 Å². The van der Waals surface area contributed by atoms with Gasteiger partial charge < -0.3 is 10.6 Å². The van der Waals surface area contributed by atoms with Crippen molar-refractivity contribution in [1.82, 2.24) is 5.32 Å². The smallest absolute Gasteiger partial charge is 0.170 e. The van der Waals surface area contributed by atoms with Gasteiger partial charge in [-0.1, -0.05) is 51.7 Å². The predicted octanol–water partition coefficient (Wildman–Crippen LogP) is 5.28. The molecule has 21 heavy (non-hydrogen) atoms. The standard InChI is InChI=1S/C18H30N2S/c1-4-6-8-9-15(3)19-18(21)20-17-13-11-16(12-14-17)10-7-5-2/h11-15H,4-10H2,1-3H3,(H2,19,20,21). The van der Waals surface area contributed by atoms with Gasteiger partial charge in [-0.25, -0.2) is 0 Å². The second kappa shape index (κ2) is 10.6. The molecule has 0 aliphatic rings. The fourth-order valence-electron chi connectivity index (χ4n) is 2.30. The lowest BCUT2D eigenvalue weighted by molar-refractivity contribution is 0.556. The first kappa shape index (κ1) is 18.0. The van der Waals surface area contributed by atoms with E-state index < -0.39 is 0 Å². The Bertz CT molecular complexity index is 400. The number of unbranched alkanes of at least 4 members (excludes halogenated alkanes) is 3. The van der Waals surface area contributed by atoms with Crippen molar-refractivity contribution in [3.8, 4) is 0 Å². The number of rotatable bonds is 9. The zero-order chi connectivity index (χ0) is 15.5. The summed E-state index contributed by atoms with van der Waals surface area (Å²) in [6, 6.07) is 9.03. The molecule has 2 nitrogen and oxygen atoms in total. The van der Waals surface area contributed by atoms with Gasteiger partial charge in [-0.05, 0) is 56.1 Å². The van der Waals surface area contributed by atoms with Crippen molar-refractivity contribution in [3.63, 3.8) is 0 Å². The molecule has 0 spiro atoms. The Morgan fingerprint density at radius 3 is 2.33 bits per heavy atom. The van der Waals surface area contributed by atoms with Gasteiger partial charge in [-0.3, -0.25) is 0 Å². The maximum Gasteiger partial charge on any atom is 0.170 e. The van der Waals surface area contributed by atoms with Crippen molar-refractivity contribution in [2.75, 3.05) is 5.32 Å². The lowest BCUT2D eigenvalue weighted by atomic mass is 10.1. The monoisotopic (exact) mass is 306 g/mol. The van der Waals surface area contributed by atoms with E-state index >= 15 is 0 Å². The Morgan fingerprint density at radius 2 is 1.71 bits per heavy atom. The summed E-state index contributed by atoms with van der Waals surface area (Å²) >= 11 is 5.37. The second-order valence-corrected chi connectivity index (χ2v) is 6.20. The minimum Gasteiger partial charge on any atom is -0.360 e. The van der Waals surface area contributed by atoms with Gasteiger partial charge in [0.2, 0.25) is 0 Å². The number of hydrogen-bond donors (Lipinski definition) is 2. The summed E-state index contributed by atoms with van der Waals surface area (Å²) in [7, 11) is 0. The van der Waals surface area contributed by atoms with E-state index in [0.29, 0.717) is 6.04 Å². The quantitative estimate of drug-likeness (QED) is 0.479. The maximum atomic E-state index is 5.37. The van der Waals surface area contributed by atoms with Crippen LogP contribution in [0.15, 0.2) is 24.3 Å². The zero-order valence-corrected chi connectivity index (χ0v) is 14.6. The van der Waals surface area contributed by atoms with Crippen LogP contribution in [0.4, 0.5) is 5.69 Å². The third-order valence-corrected chi connectivity index (χ3v) is 3.87. The van der Waals surface area contributed by atoms with Crippen LogP contribution in [0.3, 0.4) is 0 Å². The number of anilines is 1. The van der Waals surface area contributed by atoms with Crippen LogP contribution in [0.25, 0.3) is 0 Å². The van der Waals surface area contributed by atoms with Gasteiger partial charge in [0, 0.05) is 11.7 Å². The number of hydrogen-bond acceptors (Lipinski definition) is 1. The van der Waals surface area contributed by atoms with Crippen LogP contribution in [0.2, 0.25) is 0 Å². The first-order chi connectivity index (χ1) is 10.2. The van der Waals surface area contributed by atoms with Crippen LogP contribution in [0.1, 0.15) is 64.9 Å². The minimum atomic E-state index is 0.431. The van der Waals surface area contributed by atoms with Gasteiger partial charge in [-0.2, -0.15) is 0 Å². The second-order valence-electron chi connectivity index (χ2n) is 5.80. The summed E-state index contributed by atoms with van der Waals surface area (Å²) in [6.45, 7) is 6.65. The lowest BCUT2D eigenvalue weighted by Crippen LogP contribution is -2.35. The van der Waals surface area contributed by atoms with Crippen molar-refractivity contribution < 1.29 is 0 Å². The van der Waals surface area contributed by atoms with E-state index in [1.54, 1.807) is 0 Å². The molecule has 0 amide bonds. The van der Waals surface area contributed by atoms with E-state index in [1.165, 1.54) is 44.1 Å². The van der Waals surface area contributed by atoms with Gasteiger partial charge in [0.1, 0.15) is 0 Å². The highest BCUT2D eigenvalue weighted by Gasteiger charge is 2.04. The van der Waals surface area contributed by atoms with Crippen molar-refractivity contribution in [2.24, 2.45) is 0 Å². The fraction of sp³-hybridized carbons (Fsp3) is 0.611. The number of nitrogens with one attached hydrogen (secondary N) is 2. The molecule has 0 saturated heterocycles. The molecule has 1 aromatic carbocycles. The van der Waals surface area contributed by atoms with Crippen molar-refractivity contribution in [3.05, 3.63) is 29.8 Å². The molecular weight excluding hydrogens is 276 g/mol. The number of aryl methyl sites for hydroxylation is 1. The largest absolute Gasteiger partial charge is 0.360 e. The van der Waals surface area contributed by atoms with E-state index in [-0.39, 0.29) is 0 Å². The van der Waals surface area contributed by atoms with Crippen LogP contribution in [-0.2, 0) is 6.42 Å². The molecule has 0 aliphatic carbocycles. The summed E-state index contributed by atoms with van der Waals surface area (Å²) in [5.74, 6) is 0. The molecule has 118 valence electrons. The van der Waals surface area contributed by atoms with E-state index in [4.69, 9.17) is 12.2 Å². The first-order valence-electron chi connectivity index (χ1n) is 8.32. The summed E-state index contributed by atoms with van der Waals surface area (Å²) in [4.78, 5) is 0. The van der Waals surface area contributed by atoms with Crippen LogP contribution < -0.4 is 10.6 Å². The van der Waals surface area contributed by atoms with Crippen molar-refractivity contribution in [2.45, 2.75) is 71.8 Å². The lowest BCUT2D eigenvalue weighted by Gasteiger charge is -2.17. The third kappa shape index (κ3) is 8.05. The van der Waals surface area contributed by atoms with Gasteiger partial charge in [0.25, 0.3) is 0 Å². The highest BCUT2D eigenvalue weighted by Crippen LogP contribution is 2.12. The molecule has 2 N–H and O–H groups in total. The molecule has 0 bridgehead atoms. The van der Waals surface area contributed by atoms with E-state index in [1.807, 2.05) is 0 Å². The number of benzene rings is 1. The van der Waals surface area contributed by atoms with Gasteiger partial charge in [0.15, 0.2) is 5.11 Å². The molecule has 1 rings (SSSR count). The molecule has 1 atom stereocenters. The minimum absolute atomic E-state index is 0.431. The Hall–Kier alpha value is -1.09. The third-order valence-electron chi connectivity index (χ3n) is 3.65. The summed E-state index contributed by atoms with van der Waals surface area (Å²) in [6.07, 6.45) is 8.65.